The highest BCUT2D eigenvalue weighted by atomic mass is 16.2. The minimum Gasteiger partial charge on any atom is -0.337 e. The summed E-state index contributed by atoms with van der Waals surface area (Å²) in [5.74, 6) is 0.870. The number of piperidine rings is 1. The lowest BCUT2D eigenvalue weighted by atomic mass is 9.94. The maximum Gasteiger partial charge on any atom is 0.254 e. The van der Waals surface area contributed by atoms with E-state index in [-0.39, 0.29) is 5.91 Å². The van der Waals surface area contributed by atoms with Crippen LogP contribution in [0.15, 0.2) is 12.1 Å². The Hall–Kier alpha value is -1.35. The molecule has 20 heavy (non-hydrogen) atoms. The van der Waals surface area contributed by atoms with Crippen LogP contribution in [0.25, 0.3) is 0 Å². The number of hydrogen-bond donors (Lipinski definition) is 1. The third-order valence-corrected chi connectivity index (χ3v) is 4.78. The Bertz CT molecular complexity index is 501. The zero-order valence-electron chi connectivity index (χ0n) is 12.7. The number of fused-ring (bicyclic) bond motifs is 1. The molecular formula is C17H24N2O. The predicted octanol–water partition coefficient (Wildman–Crippen LogP) is 2.44. The highest BCUT2D eigenvalue weighted by Crippen LogP contribution is 2.27. The molecule has 2 saturated heterocycles. The Kier molecular flexibility index (Phi) is 3.55. The summed E-state index contributed by atoms with van der Waals surface area (Å²) >= 11 is 0. The molecule has 1 aromatic carbocycles. The van der Waals surface area contributed by atoms with Crippen LogP contribution in [0.3, 0.4) is 0 Å². The van der Waals surface area contributed by atoms with Gasteiger partial charge in [-0.1, -0.05) is 17.7 Å². The van der Waals surface area contributed by atoms with E-state index in [9.17, 15) is 4.79 Å². The Morgan fingerprint density at radius 1 is 1.20 bits per heavy atom. The molecule has 2 aliphatic heterocycles. The highest BCUT2D eigenvalue weighted by Gasteiger charge is 2.37. The zero-order chi connectivity index (χ0) is 14.3. The molecule has 0 aliphatic carbocycles. The van der Waals surface area contributed by atoms with Crippen LogP contribution >= 0.6 is 0 Å². The number of hydrogen-bond acceptors (Lipinski definition) is 2. The normalized spacial score (nSPS) is 25.6. The number of amides is 1. The molecule has 0 bridgehead atoms. The fourth-order valence-corrected chi connectivity index (χ4v) is 3.89. The summed E-state index contributed by atoms with van der Waals surface area (Å²) in [5, 5.41) is 3.56. The molecule has 2 fully saturated rings. The molecule has 0 aromatic heterocycles. The Labute approximate surface area is 121 Å². The number of aryl methyl sites for hydroxylation is 3. The van der Waals surface area contributed by atoms with Gasteiger partial charge < -0.3 is 10.2 Å². The summed E-state index contributed by atoms with van der Waals surface area (Å²) in [4.78, 5) is 14.9. The van der Waals surface area contributed by atoms with E-state index in [2.05, 4.69) is 43.1 Å². The molecule has 1 amide bonds. The third-order valence-electron chi connectivity index (χ3n) is 4.78. The maximum atomic E-state index is 12.8. The van der Waals surface area contributed by atoms with Gasteiger partial charge in [0.25, 0.3) is 5.91 Å². The van der Waals surface area contributed by atoms with Gasteiger partial charge in [-0.2, -0.15) is 0 Å². The summed E-state index contributed by atoms with van der Waals surface area (Å²) < 4.78 is 0. The third kappa shape index (κ3) is 2.35. The molecule has 2 aliphatic rings. The van der Waals surface area contributed by atoms with E-state index >= 15 is 0 Å². The number of nitrogens with one attached hydrogen (secondary N) is 1. The van der Waals surface area contributed by atoms with Crippen molar-refractivity contribution in [2.75, 3.05) is 19.6 Å². The van der Waals surface area contributed by atoms with Gasteiger partial charge in [0.15, 0.2) is 0 Å². The molecule has 3 rings (SSSR count). The van der Waals surface area contributed by atoms with Crippen LogP contribution in [0.1, 0.15) is 39.9 Å². The lowest BCUT2D eigenvalue weighted by molar-refractivity contribution is 0.0784. The number of benzene rings is 1. The molecule has 0 spiro atoms. The van der Waals surface area contributed by atoms with Gasteiger partial charge in [-0.3, -0.25) is 4.79 Å². The fourth-order valence-electron chi connectivity index (χ4n) is 3.89. The van der Waals surface area contributed by atoms with Crippen LogP contribution in [0.5, 0.6) is 0 Å². The zero-order valence-corrected chi connectivity index (χ0v) is 12.7. The van der Waals surface area contributed by atoms with E-state index in [1.54, 1.807) is 0 Å². The van der Waals surface area contributed by atoms with Crippen molar-refractivity contribution in [3.05, 3.63) is 34.4 Å². The van der Waals surface area contributed by atoms with Crippen LogP contribution in [0.4, 0.5) is 0 Å². The van der Waals surface area contributed by atoms with Gasteiger partial charge in [0.05, 0.1) is 0 Å². The van der Waals surface area contributed by atoms with Crippen LogP contribution in [0, 0.1) is 26.7 Å². The average molecular weight is 272 g/mol. The second-order valence-corrected chi connectivity index (χ2v) is 6.45. The second kappa shape index (κ2) is 5.21. The van der Waals surface area contributed by atoms with Crippen LogP contribution in [-0.2, 0) is 0 Å². The van der Waals surface area contributed by atoms with Crippen LogP contribution in [-0.4, -0.2) is 36.5 Å². The maximum absolute atomic E-state index is 12.8. The van der Waals surface area contributed by atoms with E-state index in [0.717, 1.165) is 36.3 Å². The second-order valence-electron chi connectivity index (χ2n) is 6.45. The molecule has 3 nitrogen and oxygen atoms in total. The first kappa shape index (κ1) is 13.6. The molecule has 0 saturated carbocycles. The molecule has 3 heteroatoms. The standard InChI is InChI=1S/C17H24N2O/c1-11-7-12(2)16(13(3)8-11)17(20)19-9-14-5-4-6-18-15(14)10-19/h7-8,14-15,18H,4-6,9-10H2,1-3H3/t14-,15+/m0/s1. The predicted molar refractivity (Wildman–Crippen MR) is 81.1 cm³/mol. The van der Waals surface area contributed by atoms with E-state index in [1.807, 2.05) is 0 Å². The molecule has 0 unspecified atom stereocenters. The van der Waals surface area contributed by atoms with Crippen LogP contribution in [0.2, 0.25) is 0 Å². The minimum atomic E-state index is 0.219. The van der Waals surface area contributed by atoms with Gasteiger partial charge in [-0.05, 0) is 57.2 Å². The van der Waals surface area contributed by atoms with Gasteiger partial charge in [0.2, 0.25) is 0 Å². The Balaban J connectivity index is 1.83. The topological polar surface area (TPSA) is 32.3 Å². The first-order valence-corrected chi connectivity index (χ1v) is 7.67. The van der Waals surface area contributed by atoms with Crippen molar-refractivity contribution in [3.63, 3.8) is 0 Å². The van der Waals surface area contributed by atoms with E-state index < -0.39 is 0 Å². The highest BCUT2D eigenvalue weighted by molar-refractivity contribution is 5.97. The summed E-state index contributed by atoms with van der Waals surface area (Å²) in [5.41, 5.74) is 4.35. The summed E-state index contributed by atoms with van der Waals surface area (Å²) in [6.07, 6.45) is 2.50. The first-order valence-electron chi connectivity index (χ1n) is 7.67. The van der Waals surface area contributed by atoms with Crippen molar-refractivity contribution in [2.45, 2.75) is 39.7 Å². The Morgan fingerprint density at radius 2 is 1.90 bits per heavy atom. The van der Waals surface area contributed by atoms with Crippen LogP contribution < -0.4 is 5.32 Å². The number of carbonyl (C=O) groups is 1. The number of carbonyl (C=O) groups excluding carboxylic acids is 1. The lowest BCUT2D eigenvalue weighted by Gasteiger charge is -2.24. The molecule has 108 valence electrons. The monoisotopic (exact) mass is 272 g/mol. The summed E-state index contributed by atoms with van der Waals surface area (Å²) in [7, 11) is 0. The summed E-state index contributed by atoms with van der Waals surface area (Å²) in [6, 6.07) is 4.74. The molecule has 1 aromatic rings. The van der Waals surface area contributed by atoms with Gasteiger partial charge in [-0.25, -0.2) is 0 Å². The quantitative estimate of drug-likeness (QED) is 0.851. The van der Waals surface area contributed by atoms with Crippen molar-refractivity contribution in [1.29, 1.82) is 0 Å². The van der Waals surface area contributed by atoms with E-state index in [1.165, 1.54) is 18.4 Å². The van der Waals surface area contributed by atoms with Crippen molar-refractivity contribution in [1.82, 2.24) is 10.2 Å². The van der Waals surface area contributed by atoms with Crippen molar-refractivity contribution in [2.24, 2.45) is 5.92 Å². The van der Waals surface area contributed by atoms with E-state index in [4.69, 9.17) is 0 Å². The fraction of sp³-hybridized carbons (Fsp3) is 0.588. The average Bonchev–Trinajstić information content (AvgIpc) is 2.81. The summed E-state index contributed by atoms with van der Waals surface area (Å²) in [6.45, 7) is 9.08. The Morgan fingerprint density at radius 3 is 2.55 bits per heavy atom. The number of likely N-dealkylation sites (tertiary alicyclic amines) is 1. The number of rotatable bonds is 1. The molecule has 2 atom stereocenters. The van der Waals surface area contributed by atoms with Gasteiger partial charge in [0, 0.05) is 24.7 Å². The molecule has 1 N–H and O–H groups in total. The number of nitrogens with zero attached hydrogens (tertiary/aromatic N) is 1. The molecule has 0 radical (unpaired) electrons. The van der Waals surface area contributed by atoms with Gasteiger partial charge in [-0.15, -0.1) is 0 Å². The lowest BCUT2D eigenvalue weighted by Crippen LogP contribution is -2.41. The first-order chi connectivity index (χ1) is 9.56. The van der Waals surface area contributed by atoms with Crippen molar-refractivity contribution in [3.8, 4) is 0 Å². The van der Waals surface area contributed by atoms with Crippen molar-refractivity contribution >= 4 is 5.91 Å². The largest absolute Gasteiger partial charge is 0.337 e. The molecule has 2 heterocycles. The molecular weight excluding hydrogens is 248 g/mol. The van der Waals surface area contributed by atoms with Gasteiger partial charge in [0.1, 0.15) is 0 Å². The smallest absolute Gasteiger partial charge is 0.254 e. The van der Waals surface area contributed by atoms with E-state index in [0.29, 0.717) is 12.0 Å². The SMILES string of the molecule is Cc1cc(C)c(C(=O)N2C[C@@H]3CCCN[C@@H]3C2)c(C)c1. The minimum absolute atomic E-state index is 0.219. The van der Waals surface area contributed by atoms with Crippen molar-refractivity contribution < 1.29 is 4.79 Å². The van der Waals surface area contributed by atoms with Gasteiger partial charge >= 0.3 is 0 Å².